The minimum Gasteiger partial charge on any atom is -0.444 e. The Balaban J connectivity index is 1.67. The molecule has 0 aliphatic carbocycles. The van der Waals surface area contributed by atoms with Crippen LogP contribution in [-0.4, -0.2) is 63.7 Å². The molecule has 0 radical (unpaired) electrons. The number of rotatable bonds is 7. The smallest absolute Gasteiger partial charge is 0.248 e. The van der Waals surface area contributed by atoms with Gasteiger partial charge in [0.05, 0.1) is 6.20 Å². The van der Waals surface area contributed by atoms with Crippen LogP contribution in [-0.2, 0) is 9.59 Å². The number of amides is 2. The van der Waals surface area contributed by atoms with Gasteiger partial charge in [-0.05, 0) is 57.2 Å². The van der Waals surface area contributed by atoms with E-state index in [9.17, 15) is 9.59 Å². The molecule has 1 aromatic carbocycles. The zero-order chi connectivity index (χ0) is 23.2. The first-order chi connectivity index (χ1) is 16.1. The van der Waals surface area contributed by atoms with Gasteiger partial charge in [0, 0.05) is 35.2 Å². The topological polar surface area (TPSA) is 104 Å². The van der Waals surface area contributed by atoms with Crippen LogP contribution in [0.15, 0.2) is 60.0 Å². The highest BCUT2D eigenvalue weighted by molar-refractivity contribution is 6.29. The molecule has 1 atom stereocenters. The number of piperidine rings is 1. The summed E-state index contributed by atoms with van der Waals surface area (Å²) < 4.78 is 5.34. The first-order valence-electron chi connectivity index (χ1n) is 10.7. The lowest BCUT2D eigenvalue weighted by atomic mass is 10.0. The molecule has 2 amide bonds. The molecule has 2 aromatic heterocycles. The van der Waals surface area contributed by atoms with Crippen LogP contribution in [0.5, 0.6) is 0 Å². The third-order valence-electron chi connectivity index (χ3n) is 5.71. The number of nitrogens with one attached hydrogen (secondary N) is 1. The number of hydrogen-bond donors (Lipinski definition) is 1. The second-order valence-electron chi connectivity index (χ2n) is 7.97. The number of benzene rings is 1. The van der Waals surface area contributed by atoms with Crippen LogP contribution in [0.2, 0.25) is 0 Å². The molecule has 0 spiro atoms. The number of oxazole rings is 1. The summed E-state index contributed by atoms with van der Waals surface area (Å²) in [6, 6.07) is 6.18. The van der Waals surface area contributed by atoms with Crippen LogP contribution in [0.1, 0.15) is 24.4 Å². The molecule has 1 N–H and O–H groups in total. The average Bonchev–Trinajstić information content (AvgIpc) is 3.39. The minimum absolute atomic E-state index is 0.0302. The van der Waals surface area contributed by atoms with Gasteiger partial charge in [0.2, 0.25) is 11.8 Å². The summed E-state index contributed by atoms with van der Waals surface area (Å²) in [7, 11) is 2.06. The van der Waals surface area contributed by atoms with E-state index in [0.717, 1.165) is 31.5 Å². The van der Waals surface area contributed by atoms with E-state index in [0.29, 0.717) is 17.0 Å². The van der Waals surface area contributed by atoms with E-state index in [4.69, 9.17) is 16.0 Å². The largest absolute Gasteiger partial charge is 0.444 e. The lowest BCUT2D eigenvalue weighted by molar-refractivity contribution is -0.126. The Morgan fingerprint density at radius 2 is 1.85 bits per heavy atom. The quantitative estimate of drug-likeness (QED) is 0.531. The van der Waals surface area contributed by atoms with Crippen LogP contribution in [0.4, 0.5) is 5.69 Å². The molecule has 1 saturated heterocycles. The number of carbonyl (C=O) groups excluding carboxylic acids is 2. The molecule has 4 rings (SSSR count). The van der Waals surface area contributed by atoms with E-state index >= 15 is 0 Å². The highest BCUT2D eigenvalue weighted by Gasteiger charge is 2.34. The summed E-state index contributed by atoms with van der Waals surface area (Å²) in [4.78, 5) is 42.3. The molecule has 3 aromatic rings. The Hall–Kier alpha value is -3.30. The summed E-state index contributed by atoms with van der Waals surface area (Å²) in [5.41, 5.74) is 1.82. The highest BCUT2D eigenvalue weighted by Crippen LogP contribution is 2.30. The molecular formula is C23H25ClN6O3. The molecule has 1 aliphatic rings. The third kappa shape index (κ3) is 5.37. The lowest BCUT2D eigenvalue weighted by Gasteiger charge is -2.34. The second kappa shape index (κ2) is 10.5. The Labute approximate surface area is 196 Å². The summed E-state index contributed by atoms with van der Waals surface area (Å²) in [5.74, 6) is -0.381. The van der Waals surface area contributed by atoms with Gasteiger partial charge in [-0.1, -0.05) is 0 Å². The average molecular weight is 469 g/mol. The van der Waals surface area contributed by atoms with Gasteiger partial charge in [0.1, 0.15) is 18.2 Å². The number of likely N-dealkylation sites (tertiary alicyclic amines) is 1. The molecular weight excluding hydrogens is 444 g/mol. The predicted octanol–water partition coefficient (Wildman–Crippen LogP) is 2.66. The van der Waals surface area contributed by atoms with Crippen molar-refractivity contribution in [1.29, 1.82) is 0 Å². The number of anilines is 1. The Morgan fingerprint density at radius 3 is 2.45 bits per heavy atom. The molecule has 1 fully saturated rings. The van der Waals surface area contributed by atoms with Crippen molar-refractivity contribution >= 4 is 29.1 Å². The fraction of sp³-hybridized carbons (Fsp3) is 0.348. The van der Waals surface area contributed by atoms with Gasteiger partial charge in [-0.15, -0.1) is 11.6 Å². The van der Waals surface area contributed by atoms with Crippen molar-refractivity contribution < 1.29 is 14.0 Å². The molecule has 33 heavy (non-hydrogen) atoms. The number of aromatic nitrogens is 3. The molecule has 0 bridgehead atoms. The summed E-state index contributed by atoms with van der Waals surface area (Å²) in [6.07, 6.45) is 9.12. The molecule has 1 aliphatic heterocycles. The van der Waals surface area contributed by atoms with Gasteiger partial charge >= 0.3 is 0 Å². The Morgan fingerprint density at radius 1 is 1.15 bits per heavy atom. The van der Waals surface area contributed by atoms with Gasteiger partial charge in [-0.25, -0.2) is 15.0 Å². The molecule has 9 nitrogen and oxygen atoms in total. The number of alkyl halides is 1. The summed E-state index contributed by atoms with van der Waals surface area (Å²) >= 11 is 5.97. The maximum absolute atomic E-state index is 13.5. The van der Waals surface area contributed by atoms with E-state index in [1.165, 1.54) is 17.6 Å². The first kappa shape index (κ1) is 22.9. The van der Waals surface area contributed by atoms with Crippen LogP contribution in [0.3, 0.4) is 0 Å². The number of halogens is 1. The standard InChI is InChI=1S/C23H25ClN6O3/c1-29-8-6-18(7-9-29)28-23(32)22(17-11-25-14-26-12-17)30(21(31)10-24)19-4-2-16(3-5-19)20-13-27-15-33-20/h2-5,11-15,18,22H,6-10H2,1H3,(H,28,32). The SMILES string of the molecule is CN1CCC(NC(=O)C(c2cncnc2)N(C(=O)CCl)c2ccc(-c3cnco3)cc2)CC1. The van der Waals surface area contributed by atoms with Crippen molar-refractivity contribution in [2.75, 3.05) is 30.9 Å². The van der Waals surface area contributed by atoms with Gasteiger partial charge in [-0.2, -0.15) is 0 Å². The maximum Gasteiger partial charge on any atom is 0.248 e. The van der Waals surface area contributed by atoms with Crippen LogP contribution >= 0.6 is 11.6 Å². The van der Waals surface area contributed by atoms with E-state index in [2.05, 4.69) is 32.2 Å². The highest BCUT2D eigenvalue weighted by atomic mass is 35.5. The van der Waals surface area contributed by atoms with E-state index in [1.807, 2.05) is 0 Å². The van der Waals surface area contributed by atoms with Crippen LogP contribution in [0.25, 0.3) is 11.3 Å². The lowest BCUT2D eigenvalue weighted by Crippen LogP contribution is -2.49. The number of nitrogens with zero attached hydrogens (tertiary/aromatic N) is 5. The fourth-order valence-electron chi connectivity index (χ4n) is 3.95. The Kier molecular flexibility index (Phi) is 7.31. The molecule has 10 heteroatoms. The van der Waals surface area contributed by atoms with Crippen molar-refractivity contribution in [2.24, 2.45) is 0 Å². The van der Waals surface area contributed by atoms with E-state index in [1.54, 1.807) is 42.9 Å². The third-order valence-corrected chi connectivity index (χ3v) is 5.94. The second-order valence-corrected chi connectivity index (χ2v) is 8.24. The Bertz CT molecular complexity index is 1050. The molecule has 1 unspecified atom stereocenters. The van der Waals surface area contributed by atoms with Gasteiger partial charge in [0.15, 0.2) is 12.2 Å². The van der Waals surface area contributed by atoms with Gasteiger partial charge < -0.3 is 14.6 Å². The van der Waals surface area contributed by atoms with Crippen molar-refractivity contribution in [3.8, 4) is 11.3 Å². The monoisotopic (exact) mass is 468 g/mol. The molecule has 0 saturated carbocycles. The summed E-state index contributed by atoms with van der Waals surface area (Å²) in [6.45, 7) is 1.80. The van der Waals surface area contributed by atoms with Crippen molar-refractivity contribution in [2.45, 2.75) is 24.9 Å². The minimum atomic E-state index is -0.965. The van der Waals surface area contributed by atoms with E-state index in [-0.39, 0.29) is 17.8 Å². The molecule has 3 heterocycles. The van der Waals surface area contributed by atoms with E-state index < -0.39 is 11.9 Å². The first-order valence-corrected chi connectivity index (χ1v) is 11.2. The van der Waals surface area contributed by atoms with Crippen LogP contribution < -0.4 is 10.2 Å². The van der Waals surface area contributed by atoms with Gasteiger partial charge in [-0.3, -0.25) is 14.5 Å². The normalized spacial score (nSPS) is 15.7. The zero-order valence-electron chi connectivity index (χ0n) is 18.2. The van der Waals surface area contributed by atoms with Crippen LogP contribution in [0, 0.1) is 0 Å². The van der Waals surface area contributed by atoms with Crippen molar-refractivity contribution in [3.63, 3.8) is 0 Å². The molecule has 172 valence electrons. The number of carbonyl (C=O) groups is 2. The fourth-order valence-corrected chi connectivity index (χ4v) is 4.08. The van der Waals surface area contributed by atoms with Crippen molar-refractivity contribution in [1.82, 2.24) is 25.2 Å². The summed E-state index contributed by atoms with van der Waals surface area (Å²) in [5, 5.41) is 3.12. The maximum atomic E-state index is 13.5. The van der Waals surface area contributed by atoms with Crippen molar-refractivity contribution in [3.05, 3.63) is 61.1 Å². The van der Waals surface area contributed by atoms with Gasteiger partial charge in [0.25, 0.3) is 0 Å². The number of hydrogen-bond acceptors (Lipinski definition) is 7. The zero-order valence-corrected chi connectivity index (χ0v) is 19.0. The predicted molar refractivity (Wildman–Crippen MR) is 124 cm³/mol.